The maximum Gasteiger partial charge on any atom is 0.0649 e. The molecule has 16 heavy (non-hydrogen) atoms. The molecule has 86 valence electrons. The van der Waals surface area contributed by atoms with Crippen molar-refractivity contribution in [2.24, 2.45) is 4.99 Å². The number of benzene rings is 1. The topological polar surface area (TPSA) is 12.4 Å². The zero-order valence-corrected chi connectivity index (χ0v) is 11.0. The Bertz CT molecular complexity index is 439. The lowest BCUT2D eigenvalue weighted by molar-refractivity contribution is 0.786. The second-order valence-electron chi connectivity index (χ2n) is 5.31. The third-order valence-electron chi connectivity index (χ3n) is 3.41. The molecule has 0 spiro atoms. The van der Waals surface area contributed by atoms with Crippen LogP contribution in [0.15, 0.2) is 17.1 Å². The normalized spacial score (nSPS) is 14.6. The fourth-order valence-electron chi connectivity index (χ4n) is 2.65. The highest BCUT2D eigenvalue weighted by Gasteiger charge is 2.21. The predicted octanol–water partition coefficient (Wildman–Crippen LogP) is 4.26. The largest absolute Gasteiger partial charge is 0.285 e. The molecule has 2 rings (SSSR count). The van der Waals surface area contributed by atoms with Crippen LogP contribution < -0.4 is 0 Å². The molecule has 0 aliphatic carbocycles. The van der Waals surface area contributed by atoms with Crippen LogP contribution in [-0.4, -0.2) is 5.71 Å². The van der Waals surface area contributed by atoms with Gasteiger partial charge >= 0.3 is 0 Å². The van der Waals surface area contributed by atoms with Crippen molar-refractivity contribution in [1.29, 1.82) is 0 Å². The van der Waals surface area contributed by atoms with Gasteiger partial charge in [0.05, 0.1) is 6.54 Å². The van der Waals surface area contributed by atoms with Crippen molar-refractivity contribution in [2.45, 2.75) is 53.0 Å². The molecule has 1 aromatic carbocycles. The van der Waals surface area contributed by atoms with Gasteiger partial charge in [-0.3, -0.25) is 4.99 Å². The predicted molar refractivity (Wildman–Crippen MR) is 70.5 cm³/mol. The second-order valence-corrected chi connectivity index (χ2v) is 5.31. The Labute approximate surface area is 98.6 Å². The van der Waals surface area contributed by atoms with E-state index in [0.29, 0.717) is 11.8 Å². The minimum Gasteiger partial charge on any atom is -0.285 e. The van der Waals surface area contributed by atoms with Crippen LogP contribution in [0.1, 0.15) is 68.7 Å². The van der Waals surface area contributed by atoms with Gasteiger partial charge in [-0.05, 0) is 35.4 Å². The van der Waals surface area contributed by atoms with Gasteiger partial charge in [0, 0.05) is 11.3 Å². The van der Waals surface area contributed by atoms with E-state index in [9.17, 15) is 0 Å². The highest BCUT2D eigenvalue weighted by atomic mass is 14.8. The van der Waals surface area contributed by atoms with Gasteiger partial charge < -0.3 is 0 Å². The number of hydrogen-bond acceptors (Lipinski definition) is 1. The third-order valence-corrected chi connectivity index (χ3v) is 3.41. The average Bonchev–Trinajstić information content (AvgIpc) is 2.59. The summed E-state index contributed by atoms with van der Waals surface area (Å²) in [6.07, 6.45) is 0. The molecule has 1 heterocycles. The first kappa shape index (κ1) is 11.4. The van der Waals surface area contributed by atoms with E-state index in [0.717, 1.165) is 6.54 Å². The molecular formula is C15H21N. The first-order chi connectivity index (χ1) is 7.52. The molecule has 1 nitrogen and oxygen atoms in total. The van der Waals surface area contributed by atoms with Crippen LogP contribution in [0.4, 0.5) is 0 Å². The zero-order chi connectivity index (χ0) is 11.9. The summed E-state index contributed by atoms with van der Waals surface area (Å²) in [4.78, 5) is 4.56. The molecule has 0 aromatic heterocycles. The molecule has 1 aliphatic rings. The molecule has 0 amide bonds. The molecule has 0 saturated heterocycles. The molecule has 0 saturated carbocycles. The van der Waals surface area contributed by atoms with Gasteiger partial charge in [0.2, 0.25) is 0 Å². The Morgan fingerprint density at radius 3 is 2.31 bits per heavy atom. The minimum atomic E-state index is 0.579. The molecular weight excluding hydrogens is 194 g/mol. The van der Waals surface area contributed by atoms with Crippen molar-refractivity contribution in [2.75, 3.05) is 0 Å². The maximum atomic E-state index is 4.56. The van der Waals surface area contributed by atoms with E-state index >= 15 is 0 Å². The Kier molecular flexibility index (Phi) is 2.88. The van der Waals surface area contributed by atoms with Gasteiger partial charge in [0.25, 0.3) is 0 Å². The lowest BCUT2D eigenvalue weighted by Crippen LogP contribution is -2.07. The molecule has 0 unspecified atom stereocenters. The van der Waals surface area contributed by atoms with Crippen LogP contribution in [0.25, 0.3) is 0 Å². The first-order valence-electron chi connectivity index (χ1n) is 6.19. The monoisotopic (exact) mass is 215 g/mol. The van der Waals surface area contributed by atoms with Crippen molar-refractivity contribution in [3.05, 3.63) is 34.4 Å². The maximum absolute atomic E-state index is 4.56. The van der Waals surface area contributed by atoms with E-state index in [2.05, 4.69) is 51.7 Å². The summed E-state index contributed by atoms with van der Waals surface area (Å²) >= 11 is 0. The number of aliphatic imine (C=N–C) groups is 1. The molecule has 0 fully saturated rings. The minimum absolute atomic E-state index is 0.579. The van der Waals surface area contributed by atoms with Crippen molar-refractivity contribution in [1.82, 2.24) is 0 Å². The number of nitrogens with zero attached hydrogens (tertiary/aromatic N) is 1. The second kappa shape index (κ2) is 4.04. The fraction of sp³-hybridized carbons (Fsp3) is 0.533. The molecule has 0 bridgehead atoms. The Hall–Kier alpha value is -1.11. The van der Waals surface area contributed by atoms with Gasteiger partial charge in [-0.15, -0.1) is 0 Å². The van der Waals surface area contributed by atoms with Crippen LogP contribution in [-0.2, 0) is 6.54 Å². The number of fused-ring (bicyclic) bond motifs is 1. The van der Waals surface area contributed by atoms with Crippen LogP contribution in [0.5, 0.6) is 0 Å². The molecule has 0 radical (unpaired) electrons. The third kappa shape index (κ3) is 1.68. The zero-order valence-electron chi connectivity index (χ0n) is 11.0. The van der Waals surface area contributed by atoms with Gasteiger partial charge in [0.15, 0.2) is 0 Å². The summed E-state index contributed by atoms with van der Waals surface area (Å²) in [5, 5.41) is 0. The lowest BCUT2D eigenvalue weighted by Gasteiger charge is -2.20. The summed E-state index contributed by atoms with van der Waals surface area (Å²) in [7, 11) is 0. The van der Waals surface area contributed by atoms with Crippen molar-refractivity contribution >= 4 is 5.71 Å². The molecule has 1 aromatic rings. The van der Waals surface area contributed by atoms with Crippen LogP contribution >= 0.6 is 0 Å². The highest BCUT2D eigenvalue weighted by molar-refractivity contribution is 6.03. The first-order valence-corrected chi connectivity index (χ1v) is 6.19. The van der Waals surface area contributed by atoms with Gasteiger partial charge in [-0.25, -0.2) is 0 Å². The van der Waals surface area contributed by atoms with Gasteiger partial charge in [0.1, 0.15) is 0 Å². The van der Waals surface area contributed by atoms with E-state index in [-0.39, 0.29) is 0 Å². The fourth-order valence-corrected chi connectivity index (χ4v) is 2.65. The molecule has 1 heteroatoms. The summed E-state index contributed by atoms with van der Waals surface area (Å²) < 4.78 is 0. The van der Waals surface area contributed by atoms with E-state index in [1.54, 1.807) is 0 Å². The van der Waals surface area contributed by atoms with Crippen LogP contribution in [0.3, 0.4) is 0 Å². The lowest BCUT2D eigenvalue weighted by atomic mass is 9.84. The quantitative estimate of drug-likeness (QED) is 0.699. The summed E-state index contributed by atoms with van der Waals surface area (Å²) in [6.45, 7) is 12.1. The SMILES string of the molecule is CC1=NCc2ccc(C(C)C)c(C(C)C)c21. The summed E-state index contributed by atoms with van der Waals surface area (Å²) in [5.74, 6) is 1.17. The van der Waals surface area contributed by atoms with Crippen molar-refractivity contribution in [3.63, 3.8) is 0 Å². The van der Waals surface area contributed by atoms with Gasteiger partial charge in [-0.1, -0.05) is 39.8 Å². The van der Waals surface area contributed by atoms with E-state index in [4.69, 9.17) is 0 Å². The molecule has 1 aliphatic heterocycles. The van der Waals surface area contributed by atoms with Crippen LogP contribution in [0, 0.1) is 0 Å². The van der Waals surface area contributed by atoms with E-state index < -0.39 is 0 Å². The molecule has 0 atom stereocenters. The van der Waals surface area contributed by atoms with E-state index in [1.807, 2.05) is 0 Å². The van der Waals surface area contributed by atoms with E-state index in [1.165, 1.54) is 28.0 Å². The Balaban J connectivity index is 2.68. The van der Waals surface area contributed by atoms with Gasteiger partial charge in [-0.2, -0.15) is 0 Å². The van der Waals surface area contributed by atoms with Crippen molar-refractivity contribution in [3.8, 4) is 0 Å². The summed E-state index contributed by atoms with van der Waals surface area (Å²) in [6, 6.07) is 4.56. The summed E-state index contributed by atoms with van der Waals surface area (Å²) in [5.41, 5.74) is 7.07. The number of rotatable bonds is 2. The molecule has 0 N–H and O–H groups in total. The standard InChI is InChI=1S/C15H21N/c1-9(2)13-7-6-12-8-16-11(5)15(12)14(13)10(3)4/h6-7,9-10H,8H2,1-5H3. The number of hydrogen-bond donors (Lipinski definition) is 0. The highest BCUT2D eigenvalue weighted by Crippen LogP contribution is 2.34. The van der Waals surface area contributed by atoms with Crippen molar-refractivity contribution < 1.29 is 0 Å². The smallest absolute Gasteiger partial charge is 0.0649 e. The average molecular weight is 215 g/mol. The Morgan fingerprint density at radius 1 is 1.06 bits per heavy atom. The van der Waals surface area contributed by atoms with Crippen LogP contribution in [0.2, 0.25) is 0 Å². The Morgan fingerprint density at radius 2 is 1.75 bits per heavy atom.